The Labute approximate surface area is 118 Å². The second-order valence-corrected chi connectivity index (χ2v) is 9.22. The van der Waals surface area contributed by atoms with Gasteiger partial charge in [0, 0.05) is 36.1 Å². The van der Waals surface area contributed by atoms with Crippen LogP contribution in [0, 0.1) is 5.41 Å². The van der Waals surface area contributed by atoms with Gasteiger partial charge in [-0.05, 0) is 47.0 Å². The van der Waals surface area contributed by atoms with Gasteiger partial charge in [-0.2, -0.15) is 0 Å². The molecule has 0 amide bonds. The van der Waals surface area contributed by atoms with E-state index in [1.165, 1.54) is 6.26 Å². The predicted molar refractivity (Wildman–Crippen MR) is 79.2 cm³/mol. The number of hydrogen-bond donors (Lipinski definition) is 1. The van der Waals surface area contributed by atoms with E-state index in [1.807, 2.05) is 0 Å². The molecule has 19 heavy (non-hydrogen) atoms. The number of rotatable bonds is 6. The van der Waals surface area contributed by atoms with Crippen molar-refractivity contribution in [2.24, 2.45) is 5.41 Å². The highest BCUT2D eigenvalue weighted by Gasteiger charge is 2.41. The van der Waals surface area contributed by atoms with Crippen LogP contribution in [-0.2, 0) is 14.6 Å². The quantitative estimate of drug-likeness (QED) is 0.813. The first-order valence-electron chi connectivity index (χ1n) is 7.08. The van der Waals surface area contributed by atoms with Gasteiger partial charge in [0.15, 0.2) is 0 Å². The molecule has 1 saturated heterocycles. The summed E-state index contributed by atoms with van der Waals surface area (Å²) >= 11 is 0. The average Bonchev–Trinajstić information content (AvgIpc) is 2.55. The Balaban J connectivity index is 2.61. The van der Waals surface area contributed by atoms with Crippen molar-refractivity contribution in [1.29, 1.82) is 0 Å². The lowest BCUT2D eigenvalue weighted by Gasteiger charge is -2.36. The Morgan fingerprint density at radius 3 is 2.42 bits per heavy atom. The molecule has 0 bridgehead atoms. The minimum absolute atomic E-state index is 0.0755. The maximum atomic E-state index is 11.3. The van der Waals surface area contributed by atoms with Crippen LogP contribution in [0.4, 0.5) is 0 Å². The van der Waals surface area contributed by atoms with Crippen LogP contribution >= 0.6 is 0 Å². The van der Waals surface area contributed by atoms with Gasteiger partial charge in [0.1, 0.15) is 9.84 Å². The maximum absolute atomic E-state index is 11.3. The van der Waals surface area contributed by atoms with E-state index in [4.69, 9.17) is 4.74 Å². The maximum Gasteiger partial charge on any atom is 0.147 e. The van der Waals surface area contributed by atoms with E-state index in [0.717, 1.165) is 32.4 Å². The third kappa shape index (κ3) is 5.79. The molecule has 114 valence electrons. The molecule has 4 nitrogen and oxygen atoms in total. The zero-order valence-corrected chi connectivity index (χ0v) is 13.8. The van der Waals surface area contributed by atoms with E-state index in [1.54, 1.807) is 0 Å². The fraction of sp³-hybridized carbons (Fsp3) is 1.00. The smallest absolute Gasteiger partial charge is 0.147 e. The Morgan fingerprint density at radius 1 is 1.37 bits per heavy atom. The van der Waals surface area contributed by atoms with Gasteiger partial charge in [-0.15, -0.1) is 0 Å². The summed E-state index contributed by atoms with van der Waals surface area (Å²) < 4.78 is 28.2. The number of ether oxygens (including phenoxy) is 1. The highest BCUT2D eigenvalue weighted by molar-refractivity contribution is 7.90. The van der Waals surface area contributed by atoms with E-state index >= 15 is 0 Å². The second-order valence-electron chi connectivity index (χ2n) is 6.96. The number of hydrogen-bond acceptors (Lipinski definition) is 4. The van der Waals surface area contributed by atoms with E-state index in [0.29, 0.717) is 0 Å². The molecular weight excluding hydrogens is 262 g/mol. The zero-order chi connectivity index (χ0) is 14.7. The van der Waals surface area contributed by atoms with Crippen LogP contribution in [0.5, 0.6) is 0 Å². The second kappa shape index (κ2) is 6.10. The summed E-state index contributed by atoms with van der Waals surface area (Å²) in [5, 5.41) is 3.55. The van der Waals surface area contributed by atoms with Gasteiger partial charge >= 0.3 is 0 Å². The fourth-order valence-electron chi connectivity index (χ4n) is 2.60. The highest BCUT2D eigenvalue weighted by atomic mass is 32.2. The molecule has 0 aromatic rings. The van der Waals surface area contributed by atoms with Gasteiger partial charge in [-0.3, -0.25) is 0 Å². The lowest BCUT2D eigenvalue weighted by molar-refractivity contribution is 0.0548. The molecule has 0 aromatic heterocycles. The monoisotopic (exact) mass is 291 g/mol. The molecule has 0 saturated carbocycles. The first kappa shape index (κ1) is 16.9. The molecule has 5 heteroatoms. The van der Waals surface area contributed by atoms with Gasteiger partial charge < -0.3 is 10.1 Å². The molecule has 2 unspecified atom stereocenters. The van der Waals surface area contributed by atoms with Gasteiger partial charge in [-0.1, -0.05) is 0 Å². The summed E-state index contributed by atoms with van der Waals surface area (Å²) in [6.07, 6.45) is 4.15. The molecule has 2 atom stereocenters. The van der Waals surface area contributed by atoms with Crippen LogP contribution in [0.1, 0.15) is 47.0 Å². The van der Waals surface area contributed by atoms with Crippen LogP contribution in [-0.4, -0.2) is 45.2 Å². The Bertz CT molecular complexity index is 386. The van der Waals surface area contributed by atoms with Crippen molar-refractivity contribution in [2.75, 3.05) is 25.2 Å². The molecule has 1 rings (SSSR count). The molecule has 0 spiro atoms. The lowest BCUT2D eigenvalue weighted by atomic mass is 9.77. The van der Waals surface area contributed by atoms with Crippen LogP contribution in [0.25, 0.3) is 0 Å². The Morgan fingerprint density at radius 2 is 2.00 bits per heavy atom. The summed E-state index contributed by atoms with van der Waals surface area (Å²) in [5.74, 6) is 0.275. The van der Waals surface area contributed by atoms with Crippen LogP contribution in [0.15, 0.2) is 0 Å². The molecule has 1 fully saturated rings. The van der Waals surface area contributed by atoms with Crippen molar-refractivity contribution in [3.05, 3.63) is 0 Å². The summed E-state index contributed by atoms with van der Waals surface area (Å²) in [6.45, 7) is 10.2. The molecule has 0 radical (unpaired) electrons. The molecule has 1 aliphatic rings. The van der Waals surface area contributed by atoms with Crippen molar-refractivity contribution < 1.29 is 13.2 Å². The van der Waals surface area contributed by atoms with Crippen molar-refractivity contribution in [1.82, 2.24) is 5.32 Å². The molecule has 1 aliphatic heterocycles. The normalized spacial score (nSPS) is 28.8. The topological polar surface area (TPSA) is 55.4 Å². The molecule has 0 aromatic carbocycles. The summed E-state index contributed by atoms with van der Waals surface area (Å²) in [7, 11) is -2.86. The highest BCUT2D eigenvalue weighted by Crippen LogP contribution is 2.39. The van der Waals surface area contributed by atoms with Crippen molar-refractivity contribution in [2.45, 2.75) is 58.6 Å². The average molecular weight is 291 g/mol. The first-order valence-corrected chi connectivity index (χ1v) is 9.15. The van der Waals surface area contributed by atoms with E-state index in [-0.39, 0.29) is 22.8 Å². The third-order valence-corrected chi connectivity index (χ3v) is 5.02. The minimum Gasteiger partial charge on any atom is -0.378 e. The van der Waals surface area contributed by atoms with Crippen LogP contribution < -0.4 is 5.32 Å². The summed E-state index contributed by atoms with van der Waals surface area (Å²) in [5.41, 5.74) is 0.157. The van der Waals surface area contributed by atoms with E-state index in [2.05, 4.69) is 33.0 Å². The van der Waals surface area contributed by atoms with E-state index in [9.17, 15) is 8.42 Å². The minimum atomic E-state index is -2.86. The number of nitrogens with one attached hydrogen (secondary N) is 1. The third-order valence-electron chi connectivity index (χ3n) is 3.99. The Hall–Kier alpha value is -0.130. The molecule has 0 aliphatic carbocycles. The first-order chi connectivity index (χ1) is 8.54. The fourth-order valence-corrected chi connectivity index (χ4v) is 3.26. The lowest BCUT2D eigenvalue weighted by Crippen LogP contribution is -2.46. The van der Waals surface area contributed by atoms with Crippen molar-refractivity contribution in [3.8, 4) is 0 Å². The zero-order valence-electron chi connectivity index (χ0n) is 13.0. The van der Waals surface area contributed by atoms with Gasteiger partial charge in [-0.25, -0.2) is 8.42 Å². The molecular formula is C14H29NO3S. The predicted octanol–water partition coefficient (Wildman–Crippen LogP) is 1.99. The standard InChI is InChI=1S/C14H29NO3S/c1-12-14(8-9-18-12,11-15-13(2,3)4)7-6-10-19(5,16)17/h12,15H,6-11H2,1-5H3. The van der Waals surface area contributed by atoms with Crippen molar-refractivity contribution >= 4 is 9.84 Å². The van der Waals surface area contributed by atoms with Gasteiger partial charge in [0.2, 0.25) is 0 Å². The van der Waals surface area contributed by atoms with E-state index < -0.39 is 9.84 Å². The number of sulfone groups is 1. The Kier molecular flexibility index (Phi) is 5.43. The molecule has 1 N–H and O–H groups in total. The van der Waals surface area contributed by atoms with Crippen molar-refractivity contribution in [3.63, 3.8) is 0 Å². The van der Waals surface area contributed by atoms with Gasteiger partial charge in [0.05, 0.1) is 6.10 Å². The van der Waals surface area contributed by atoms with Crippen LogP contribution in [0.2, 0.25) is 0 Å². The van der Waals surface area contributed by atoms with Gasteiger partial charge in [0.25, 0.3) is 0 Å². The summed E-state index contributed by atoms with van der Waals surface area (Å²) in [4.78, 5) is 0. The molecule has 1 heterocycles. The van der Waals surface area contributed by atoms with Crippen LogP contribution in [0.3, 0.4) is 0 Å². The largest absolute Gasteiger partial charge is 0.378 e. The summed E-state index contributed by atoms with van der Waals surface area (Å²) in [6, 6.07) is 0. The SMILES string of the molecule is CC1OCCC1(CCCS(C)(=O)=O)CNC(C)(C)C.